The molecular weight excluding hydrogens is 304 g/mol. The molecule has 1 heterocycles. The molecule has 3 aromatic rings. The molecule has 0 atom stereocenters. The van der Waals surface area contributed by atoms with Crippen LogP contribution in [0.3, 0.4) is 0 Å². The molecule has 2 aromatic carbocycles. The van der Waals surface area contributed by atoms with Crippen molar-refractivity contribution >= 4 is 28.3 Å². The monoisotopic (exact) mass is 324 g/mol. The first-order valence-electron chi connectivity index (χ1n) is 7.81. The van der Waals surface area contributed by atoms with E-state index in [1.807, 2.05) is 63.4 Å². The Balaban J connectivity index is 1.79. The average molecular weight is 324 g/mol. The van der Waals surface area contributed by atoms with Crippen LogP contribution in [0.2, 0.25) is 0 Å². The molecule has 0 aliphatic rings. The first-order valence-corrected chi connectivity index (χ1v) is 7.81. The third-order valence-corrected chi connectivity index (χ3v) is 3.63. The summed E-state index contributed by atoms with van der Waals surface area (Å²) in [7, 11) is 1.86. The highest BCUT2D eigenvalue weighted by molar-refractivity contribution is 6.01. The van der Waals surface area contributed by atoms with Gasteiger partial charge >= 0.3 is 6.03 Å². The molecule has 0 bridgehead atoms. The van der Waals surface area contributed by atoms with Crippen molar-refractivity contribution in [2.75, 3.05) is 17.2 Å². The number of urea groups is 1. The maximum Gasteiger partial charge on any atom is 0.323 e. The Labute approximate surface area is 140 Å². The Morgan fingerprint density at radius 3 is 2.62 bits per heavy atom. The number of hydrogen-bond acceptors (Lipinski definition) is 3. The van der Waals surface area contributed by atoms with Crippen molar-refractivity contribution in [2.45, 2.75) is 13.8 Å². The average Bonchev–Trinajstić information content (AvgIpc) is 2.83. The number of rotatable bonds is 4. The molecule has 2 amide bonds. The summed E-state index contributed by atoms with van der Waals surface area (Å²) < 4.78 is 7.31. The fourth-order valence-corrected chi connectivity index (χ4v) is 2.57. The molecule has 0 fully saturated rings. The SMILES string of the molecule is CCOc1nn(C)c2ccc(NC(=O)Nc3cccc(C)c3)cc12. The lowest BCUT2D eigenvalue weighted by atomic mass is 10.2. The summed E-state index contributed by atoms with van der Waals surface area (Å²) in [6.45, 7) is 4.43. The van der Waals surface area contributed by atoms with Crippen LogP contribution < -0.4 is 15.4 Å². The Bertz CT molecular complexity index is 886. The highest BCUT2D eigenvalue weighted by Gasteiger charge is 2.11. The van der Waals surface area contributed by atoms with Gasteiger partial charge in [0.05, 0.1) is 17.5 Å². The number of nitrogens with one attached hydrogen (secondary N) is 2. The van der Waals surface area contributed by atoms with Gasteiger partial charge in [-0.05, 0) is 49.7 Å². The second kappa shape index (κ2) is 6.62. The van der Waals surface area contributed by atoms with Crippen molar-refractivity contribution < 1.29 is 9.53 Å². The number of ether oxygens (including phenoxy) is 1. The molecule has 2 N–H and O–H groups in total. The topological polar surface area (TPSA) is 68.2 Å². The van der Waals surface area contributed by atoms with Gasteiger partial charge in [-0.3, -0.25) is 4.68 Å². The molecule has 3 rings (SSSR count). The third kappa shape index (κ3) is 3.32. The van der Waals surface area contributed by atoms with Gasteiger partial charge in [0.15, 0.2) is 0 Å². The van der Waals surface area contributed by atoms with Gasteiger partial charge in [0.2, 0.25) is 5.88 Å². The molecule has 1 aromatic heterocycles. The Hall–Kier alpha value is -3.02. The van der Waals surface area contributed by atoms with Crippen molar-refractivity contribution in [3.63, 3.8) is 0 Å². The summed E-state index contributed by atoms with van der Waals surface area (Å²) in [4.78, 5) is 12.2. The van der Waals surface area contributed by atoms with Gasteiger partial charge in [0.25, 0.3) is 0 Å². The lowest BCUT2D eigenvalue weighted by molar-refractivity contribution is 0.262. The molecular formula is C18H20N4O2. The van der Waals surface area contributed by atoms with E-state index in [4.69, 9.17) is 4.74 Å². The van der Waals surface area contributed by atoms with Gasteiger partial charge in [-0.15, -0.1) is 5.10 Å². The zero-order valence-electron chi connectivity index (χ0n) is 14.0. The fraction of sp³-hybridized carbons (Fsp3) is 0.222. The van der Waals surface area contributed by atoms with Gasteiger partial charge in [-0.1, -0.05) is 12.1 Å². The minimum Gasteiger partial charge on any atom is -0.476 e. The van der Waals surface area contributed by atoms with E-state index >= 15 is 0 Å². The summed E-state index contributed by atoms with van der Waals surface area (Å²) in [6, 6.07) is 13.0. The van der Waals surface area contributed by atoms with E-state index in [-0.39, 0.29) is 6.03 Å². The summed E-state index contributed by atoms with van der Waals surface area (Å²) >= 11 is 0. The fourth-order valence-electron chi connectivity index (χ4n) is 2.57. The first-order chi connectivity index (χ1) is 11.6. The minimum atomic E-state index is -0.290. The zero-order chi connectivity index (χ0) is 17.1. The predicted molar refractivity (Wildman–Crippen MR) is 95.7 cm³/mol. The summed E-state index contributed by atoms with van der Waals surface area (Å²) in [5.74, 6) is 0.567. The number of aryl methyl sites for hydroxylation is 2. The molecule has 0 aliphatic carbocycles. The van der Waals surface area contributed by atoms with Gasteiger partial charge < -0.3 is 15.4 Å². The van der Waals surface area contributed by atoms with E-state index in [1.165, 1.54) is 0 Å². The number of hydrogen-bond donors (Lipinski definition) is 2. The molecule has 0 spiro atoms. The van der Waals surface area contributed by atoms with E-state index in [1.54, 1.807) is 4.68 Å². The van der Waals surface area contributed by atoms with Crippen LogP contribution in [0.25, 0.3) is 10.9 Å². The maximum atomic E-state index is 12.2. The first kappa shape index (κ1) is 15.9. The smallest absolute Gasteiger partial charge is 0.323 e. The predicted octanol–water partition coefficient (Wildman–Crippen LogP) is 3.92. The van der Waals surface area contributed by atoms with Crippen LogP contribution >= 0.6 is 0 Å². The van der Waals surface area contributed by atoms with E-state index in [2.05, 4.69) is 15.7 Å². The summed E-state index contributed by atoms with van der Waals surface area (Å²) in [5.41, 5.74) is 3.47. The molecule has 6 heteroatoms. The number of amides is 2. The highest BCUT2D eigenvalue weighted by Crippen LogP contribution is 2.27. The van der Waals surface area contributed by atoms with Gasteiger partial charge in [-0.25, -0.2) is 4.79 Å². The quantitative estimate of drug-likeness (QED) is 0.764. The molecule has 0 radical (unpaired) electrons. The molecule has 0 saturated carbocycles. The number of aromatic nitrogens is 2. The lowest BCUT2D eigenvalue weighted by Crippen LogP contribution is -2.19. The molecule has 24 heavy (non-hydrogen) atoms. The number of anilines is 2. The summed E-state index contributed by atoms with van der Waals surface area (Å²) in [6.07, 6.45) is 0. The van der Waals surface area contributed by atoms with Crippen LogP contribution in [0.4, 0.5) is 16.2 Å². The van der Waals surface area contributed by atoms with Gasteiger partial charge in [0, 0.05) is 18.4 Å². The Kier molecular flexibility index (Phi) is 4.37. The second-order valence-corrected chi connectivity index (χ2v) is 5.54. The van der Waals surface area contributed by atoms with Crippen molar-refractivity contribution in [1.29, 1.82) is 0 Å². The molecule has 124 valence electrons. The number of benzene rings is 2. The van der Waals surface area contributed by atoms with Crippen LogP contribution in [0.15, 0.2) is 42.5 Å². The molecule has 6 nitrogen and oxygen atoms in total. The molecule has 0 unspecified atom stereocenters. The summed E-state index contributed by atoms with van der Waals surface area (Å²) in [5, 5.41) is 10.9. The van der Waals surface area contributed by atoms with E-state index in [9.17, 15) is 4.79 Å². The van der Waals surface area contributed by atoms with Crippen LogP contribution in [0.5, 0.6) is 5.88 Å². The Morgan fingerprint density at radius 1 is 1.17 bits per heavy atom. The van der Waals surface area contributed by atoms with E-state index < -0.39 is 0 Å². The van der Waals surface area contributed by atoms with Crippen LogP contribution in [-0.2, 0) is 7.05 Å². The van der Waals surface area contributed by atoms with Gasteiger partial charge in [-0.2, -0.15) is 0 Å². The third-order valence-electron chi connectivity index (χ3n) is 3.63. The van der Waals surface area contributed by atoms with Crippen LogP contribution in [-0.4, -0.2) is 22.4 Å². The van der Waals surface area contributed by atoms with Crippen LogP contribution in [0, 0.1) is 6.92 Å². The van der Waals surface area contributed by atoms with Crippen molar-refractivity contribution in [2.24, 2.45) is 7.05 Å². The number of carbonyl (C=O) groups is 1. The number of nitrogens with zero attached hydrogens (tertiary/aromatic N) is 2. The van der Waals surface area contributed by atoms with Crippen molar-refractivity contribution in [3.8, 4) is 5.88 Å². The lowest BCUT2D eigenvalue weighted by Gasteiger charge is -2.08. The molecule has 0 saturated heterocycles. The van der Waals surface area contributed by atoms with Gasteiger partial charge in [0.1, 0.15) is 0 Å². The van der Waals surface area contributed by atoms with Crippen LogP contribution in [0.1, 0.15) is 12.5 Å². The zero-order valence-corrected chi connectivity index (χ0v) is 14.0. The largest absolute Gasteiger partial charge is 0.476 e. The van der Waals surface area contributed by atoms with Crippen molar-refractivity contribution in [1.82, 2.24) is 9.78 Å². The molecule has 0 aliphatic heterocycles. The number of fused-ring (bicyclic) bond motifs is 1. The van der Waals surface area contributed by atoms with E-state index in [0.29, 0.717) is 18.2 Å². The second-order valence-electron chi connectivity index (χ2n) is 5.54. The minimum absolute atomic E-state index is 0.290. The van der Waals surface area contributed by atoms with E-state index in [0.717, 1.165) is 22.2 Å². The number of carbonyl (C=O) groups excluding carboxylic acids is 1. The van der Waals surface area contributed by atoms with Crippen molar-refractivity contribution in [3.05, 3.63) is 48.0 Å². The highest BCUT2D eigenvalue weighted by atomic mass is 16.5. The Morgan fingerprint density at radius 2 is 1.92 bits per heavy atom. The normalized spacial score (nSPS) is 10.6. The maximum absolute atomic E-state index is 12.2. The standard InChI is InChI=1S/C18H20N4O2/c1-4-24-17-15-11-14(8-9-16(15)22(3)21-17)20-18(23)19-13-7-5-6-12(2)10-13/h5-11H,4H2,1-3H3,(H2,19,20,23).